The molecule has 0 aromatic heterocycles. The van der Waals surface area contributed by atoms with Crippen molar-refractivity contribution in [2.24, 2.45) is 11.3 Å². The Labute approximate surface area is 101 Å². The molecule has 2 aliphatic rings. The molecule has 0 radical (unpaired) electrons. The maximum Gasteiger partial charge on any atom is 0.0246 e. The van der Waals surface area contributed by atoms with E-state index in [0.29, 0.717) is 11.5 Å². The second kappa shape index (κ2) is 5.05. The molecule has 0 aliphatic carbocycles. The zero-order chi connectivity index (χ0) is 11.6. The molecule has 2 saturated heterocycles. The van der Waals surface area contributed by atoms with Gasteiger partial charge in [0.25, 0.3) is 0 Å². The highest BCUT2D eigenvalue weighted by atomic mass is 15.2. The van der Waals surface area contributed by atoms with E-state index in [-0.39, 0.29) is 0 Å². The van der Waals surface area contributed by atoms with Gasteiger partial charge in [0.15, 0.2) is 0 Å². The van der Waals surface area contributed by atoms with Crippen molar-refractivity contribution >= 4 is 0 Å². The first kappa shape index (κ1) is 12.4. The minimum absolute atomic E-state index is 0.485. The Morgan fingerprint density at radius 3 is 2.81 bits per heavy atom. The lowest BCUT2D eigenvalue weighted by Crippen LogP contribution is -2.54. The Morgan fingerprint density at radius 2 is 2.12 bits per heavy atom. The van der Waals surface area contributed by atoms with Crippen molar-refractivity contribution in [2.45, 2.75) is 52.5 Å². The predicted molar refractivity (Wildman–Crippen MR) is 69.6 cm³/mol. The first-order valence-electron chi connectivity index (χ1n) is 7.04. The van der Waals surface area contributed by atoms with Crippen LogP contribution in [-0.2, 0) is 0 Å². The molecule has 0 aromatic carbocycles. The fourth-order valence-corrected chi connectivity index (χ4v) is 3.29. The fraction of sp³-hybridized carbons (Fsp3) is 1.00. The molecule has 2 atom stereocenters. The third-order valence-corrected chi connectivity index (χ3v) is 4.51. The van der Waals surface area contributed by atoms with Crippen molar-refractivity contribution < 1.29 is 0 Å². The summed E-state index contributed by atoms with van der Waals surface area (Å²) in [5, 5.41) is 3.73. The lowest BCUT2D eigenvalue weighted by molar-refractivity contribution is 0.101. The molecular formula is C14H28N2. The van der Waals surface area contributed by atoms with Crippen molar-refractivity contribution in [1.82, 2.24) is 10.2 Å². The summed E-state index contributed by atoms with van der Waals surface area (Å²) < 4.78 is 0. The fourth-order valence-electron chi connectivity index (χ4n) is 3.29. The molecule has 2 nitrogen and oxygen atoms in total. The van der Waals surface area contributed by atoms with Crippen LogP contribution in [0.25, 0.3) is 0 Å². The third-order valence-electron chi connectivity index (χ3n) is 4.51. The lowest BCUT2D eigenvalue weighted by Gasteiger charge is -2.43. The maximum absolute atomic E-state index is 3.73. The molecule has 2 heteroatoms. The van der Waals surface area contributed by atoms with Gasteiger partial charge in [-0.1, -0.05) is 20.8 Å². The van der Waals surface area contributed by atoms with Crippen LogP contribution in [-0.4, -0.2) is 37.1 Å². The van der Waals surface area contributed by atoms with Gasteiger partial charge in [-0.15, -0.1) is 0 Å². The zero-order valence-corrected chi connectivity index (χ0v) is 11.3. The van der Waals surface area contributed by atoms with E-state index in [1.165, 1.54) is 51.9 Å². The number of hydrogen-bond acceptors (Lipinski definition) is 2. The minimum Gasteiger partial charge on any atom is -0.312 e. The van der Waals surface area contributed by atoms with Crippen LogP contribution >= 0.6 is 0 Å². The number of nitrogens with one attached hydrogen (secondary N) is 1. The molecule has 0 amide bonds. The van der Waals surface area contributed by atoms with E-state index in [0.717, 1.165) is 5.92 Å². The van der Waals surface area contributed by atoms with Gasteiger partial charge in [-0.25, -0.2) is 0 Å². The average molecular weight is 224 g/mol. The Bertz CT molecular complexity index is 225. The molecule has 2 aliphatic heterocycles. The molecule has 2 unspecified atom stereocenters. The molecule has 16 heavy (non-hydrogen) atoms. The van der Waals surface area contributed by atoms with Crippen LogP contribution < -0.4 is 5.32 Å². The van der Waals surface area contributed by atoms with Crippen molar-refractivity contribution in [3.8, 4) is 0 Å². The summed E-state index contributed by atoms with van der Waals surface area (Å²) in [6.07, 6.45) is 5.56. The minimum atomic E-state index is 0.485. The van der Waals surface area contributed by atoms with Crippen LogP contribution in [0.3, 0.4) is 0 Å². The van der Waals surface area contributed by atoms with E-state index >= 15 is 0 Å². The molecule has 2 fully saturated rings. The molecule has 1 N–H and O–H groups in total. The van der Waals surface area contributed by atoms with Crippen molar-refractivity contribution in [3.05, 3.63) is 0 Å². The van der Waals surface area contributed by atoms with Gasteiger partial charge in [0.1, 0.15) is 0 Å². The van der Waals surface area contributed by atoms with Gasteiger partial charge in [0.05, 0.1) is 0 Å². The van der Waals surface area contributed by atoms with Crippen LogP contribution in [0.5, 0.6) is 0 Å². The van der Waals surface area contributed by atoms with Crippen LogP contribution in [0.15, 0.2) is 0 Å². The maximum atomic E-state index is 3.73. The largest absolute Gasteiger partial charge is 0.312 e. The quantitative estimate of drug-likeness (QED) is 0.775. The number of rotatable bonds is 2. The summed E-state index contributed by atoms with van der Waals surface area (Å²) in [4.78, 5) is 2.68. The highest BCUT2D eigenvalue weighted by molar-refractivity contribution is 4.90. The highest BCUT2D eigenvalue weighted by Gasteiger charge is 2.33. The SMILES string of the molecule is CC1CCCN(CC2NCCCC2(C)C)C1. The van der Waals surface area contributed by atoms with Crippen molar-refractivity contribution in [1.29, 1.82) is 0 Å². The molecule has 0 aromatic rings. The van der Waals surface area contributed by atoms with Gasteiger partial charge in [0, 0.05) is 19.1 Å². The van der Waals surface area contributed by atoms with E-state index in [1.807, 2.05) is 0 Å². The summed E-state index contributed by atoms with van der Waals surface area (Å²) >= 11 is 0. The molecule has 0 spiro atoms. The molecular weight excluding hydrogens is 196 g/mol. The molecule has 2 heterocycles. The normalized spacial score (nSPS) is 36.2. The Morgan fingerprint density at radius 1 is 1.31 bits per heavy atom. The van der Waals surface area contributed by atoms with E-state index < -0.39 is 0 Å². The van der Waals surface area contributed by atoms with E-state index in [4.69, 9.17) is 0 Å². The van der Waals surface area contributed by atoms with Gasteiger partial charge in [-0.05, 0) is 50.1 Å². The Balaban J connectivity index is 1.87. The second-order valence-corrected chi connectivity index (χ2v) is 6.61. The second-order valence-electron chi connectivity index (χ2n) is 6.61. The summed E-state index contributed by atoms with van der Waals surface area (Å²) in [6.45, 7) is 12.4. The van der Waals surface area contributed by atoms with Gasteiger partial charge in [-0.3, -0.25) is 0 Å². The monoisotopic (exact) mass is 224 g/mol. The molecule has 2 rings (SSSR count). The van der Waals surface area contributed by atoms with Gasteiger partial charge in [0.2, 0.25) is 0 Å². The van der Waals surface area contributed by atoms with Crippen molar-refractivity contribution in [3.63, 3.8) is 0 Å². The number of piperidine rings is 2. The number of likely N-dealkylation sites (tertiary alicyclic amines) is 1. The van der Waals surface area contributed by atoms with Crippen LogP contribution in [0.4, 0.5) is 0 Å². The van der Waals surface area contributed by atoms with Gasteiger partial charge < -0.3 is 10.2 Å². The zero-order valence-electron chi connectivity index (χ0n) is 11.3. The Hall–Kier alpha value is -0.0800. The summed E-state index contributed by atoms with van der Waals surface area (Å²) in [7, 11) is 0. The molecule has 0 saturated carbocycles. The van der Waals surface area contributed by atoms with Crippen molar-refractivity contribution in [2.75, 3.05) is 26.2 Å². The highest BCUT2D eigenvalue weighted by Crippen LogP contribution is 2.31. The average Bonchev–Trinajstić information content (AvgIpc) is 2.21. The predicted octanol–water partition coefficient (Wildman–Crippen LogP) is 2.50. The van der Waals surface area contributed by atoms with Crippen LogP contribution in [0.2, 0.25) is 0 Å². The number of nitrogens with zero attached hydrogens (tertiary/aromatic N) is 1. The van der Waals surface area contributed by atoms with Gasteiger partial charge in [-0.2, -0.15) is 0 Å². The van der Waals surface area contributed by atoms with Gasteiger partial charge >= 0.3 is 0 Å². The smallest absolute Gasteiger partial charge is 0.0246 e. The molecule has 94 valence electrons. The first-order valence-corrected chi connectivity index (χ1v) is 7.04. The van der Waals surface area contributed by atoms with Crippen LogP contribution in [0.1, 0.15) is 46.5 Å². The molecule has 0 bridgehead atoms. The van der Waals surface area contributed by atoms with E-state index in [2.05, 4.69) is 31.0 Å². The van der Waals surface area contributed by atoms with E-state index in [1.54, 1.807) is 0 Å². The standard InChI is InChI=1S/C14H28N2/c1-12-6-4-9-16(10-12)11-13-14(2,3)7-5-8-15-13/h12-13,15H,4-11H2,1-3H3. The topological polar surface area (TPSA) is 15.3 Å². The number of hydrogen-bond donors (Lipinski definition) is 1. The third kappa shape index (κ3) is 2.98. The first-order chi connectivity index (χ1) is 7.58. The lowest BCUT2D eigenvalue weighted by atomic mass is 9.77. The summed E-state index contributed by atoms with van der Waals surface area (Å²) in [5.41, 5.74) is 0.485. The summed E-state index contributed by atoms with van der Waals surface area (Å²) in [5.74, 6) is 0.903. The Kier molecular flexibility index (Phi) is 3.91. The van der Waals surface area contributed by atoms with Crippen LogP contribution in [0, 0.1) is 11.3 Å². The van der Waals surface area contributed by atoms with E-state index in [9.17, 15) is 0 Å². The summed E-state index contributed by atoms with van der Waals surface area (Å²) in [6, 6.07) is 0.701.